The molecule has 0 radical (unpaired) electrons. The molecule has 5 heteroatoms. The summed E-state index contributed by atoms with van der Waals surface area (Å²) in [6.45, 7) is 5.83. The molecule has 2 heterocycles. The second-order valence-electron chi connectivity index (χ2n) is 4.61. The third-order valence-electron chi connectivity index (χ3n) is 3.21. The number of aryl methyl sites for hydroxylation is 3. The van der Waals surface area contributed by atoms with Crippen molar-refractivity contribution in [1.29, 1.82) is 0 Å². The number of hydrogen-bond acceptors (Lipinski definition) is 2. The van der Waals surface area contributed by atoms with Gasteiger partial charge in [-0.25, -0.2) is 0 Å². The maximum absolute atomic E-state index is 12.0. The lowest BCUT2D eigenvalue weighted by Crippen LogP contribution is -2.22. The van der Waals surface area contributed by atoms with Gasteiger partial charge in [0, 0.05) is 25.2 Å². The summed E-state index contributed by atoms with van der Waals surface area (Å²) in [7, 11) is 3.67. The van der Waals surface area contributed by atoms with E-state index in [4.69, 9.17) is 0 Å². The van der Waals surface area contributed by atoms with Crippen LogP contribution in [0.4, 0.5) is 0 Å². The smallest absolute Gasteiger partial charge is 0.253 e. The Balaban J connectivity index is 0.00000180. The topological polar surface area (TPSA) is 39.8 Å². The Bertz CT molecular complexity index is 683. The fourth-order valence-electron chi connectivity index (χ4n) is 2.27. The van der Waals surface area contributed by atoms with Gasteiger partial charge >= 0.3 is 0 Å². The zero-order valence-corrected chi connectivity index (χ0v) is 12.8. The fraction of sp³-hybridized carbons (Fsp3) is 0.429. The first kappa shape index (κ1) is 15.7. The SMILES string of the molecule is C.Cc1cc(C)c(=O)n(C)c1-c1nn(C)c(Br)c1C. The third kappa shape index (κ3) is 2.39. The quantitative estimate of drug-likeness (QED) is 0.808. The van der Waals surface area contributed by atoms with E-state index in [1.54, 1.807) is 16.3 Å². The van der Waals surface area contributed by atoms with Gasteiger partial charge in [0.2, 0.25) is 0 Å². The molecule has 0 fully saturated rings. The van der Waals surface area contributed by atoms with E-state index in [1.807, 2.05) is 33.9 Å². The maximum atomic E-state index is 12.0. The molecule has 0 bridgehead atoms. The van der Waals surface area contributed by atoms with E-state index < -0.39 is 0 Å². The van der Waals surface area contributed by atoms with Gasteiger partial charge in [0.05, 0.1) is 5.69 Å². The lowest BCUT2D eigenvalue weighted by atomic mass is 10.1. The number of nitrogens with zero attached hydrogens (tertiary/aromatic N) is 3. The van der Waals surface area contributed by atoms with E-state index in [1.165, 1.54) is 0 Å². The van der Waals surface area contributed by atoms with Crippen molar-refractivity contribution < 1.29 is 0 Å². The molecule has 0 amide bonds. The molecule has 104 valence electrons. The standard InChI is InChI=1S/C13H16BrN3O.CH4/c1-7-6-8(2)13(18)16(4)11(7)10-9(3)12(14)17(5)15-10;/h6H,1-5H3;1H4. The molecule has 19 heavy (non-hydrogen) atoms. The first-order chi connectivity index (χ1) is 8.34. The number of pyridine rings is 1. The number of halogens is 1. The van der Waals surface area contributed by atoms with Crippen molar-refractivity contribution in [3.05, 3.63) is 37.7 Å². The van der Waals surface area contributed by atoms with Gasteiger partial charge in [-0.1, -0.05) is 7.43 Å². The lowest BCUT2D eigenvalue weighted by molar-refractivity contribution is 0.746. The first-order valence-corrected chi connectivity index (χ1v) is 6.50. The fourth-order valence-corrected chi connectivity index (χ4v) is 2.53. The summed E-state index contributed by atoms with van der Waals surface area (Å²) >= 11 is 3.49. The van der Waals surface area contributed by atoms with Gasteiger partial charge in [-0.2, -0.15) is 5.10 Å². The predicted octanol–water partition coefficient (Wildman–Crippen LogP) is 3.11. The van der Waals surface area contributed by atoms with E-state index in [9.17, 15) is 4.79 Å². The van der Waals surface area contributed by atoms with Crippen LogP contribution in [-0.2, 0) is 14.1 Å². The molecule has 2 aromatic rings. The number of hydrogen-bond donors (Lipinski definition) is 0. The van der Waals surface area contributed by atoms with Gasteiger partial charge < -0.3 is 4.57 Å². The highest BCUT2D eigenvalue weighted by molar-refractivity contribution is 9.10. The van der Waals surface area contributed by atoms with Crippen molar-refractivity contribution >= 4 is 15.9 Å². The Morgan fingerprint density at radius 3 is 2.21 bits per heavy atom. The molecule has 0 spiro atoms. The van der Waals surface area contributed by atoms with E-state index in [0.717, 1.165) is 32.7 Å². The van der Waals surface area contributed by atoms with Crippen molar-refractivity contribution in [1.82, 2.24) is 14.3 Å². The highest BCUT2D eigenvalue weighted by atomic mass is 79.9. The minimum Gasteiger partial charge on any atom is -0.309 e. The predicted molar refractivity (Wildman–Crippen MR) is 82.5 cm³/mol. The lowest BCUT2D eigenvalue weighted by Gasteiger charge is -2.11. The van der Waals surface area contributed by atoms with Crippen molar-refractivity contribution in [2.45, 2.75) is 28.2 Å². The maximum Gasteiger partial charge on any atom is 0.253 e. The van der Waals surface area contributed by atoms with E-state index in [0.29, 0.717) is 0 Å². The molecule has 0 N–H and O–H groups in total. The summed E-state index contributed by atoms with van der Waals surface area (Å²) in [6.07, 6.45) is 0. The number of aromatic nitrogens is 3. The Hall–Kier alpha value is -1.36. The molecule has 0 aromatic carbocycles. The van der Waals surface area contributed by atoms with Crippen LogP contribution in [0.15, 0.2) is 15.5 Å². The average molecular weight is 326 g/mol. The molecule has 0 unspecified atom stereocenters. The minimum absolute atomic E-state index is 0. The molecule has 0 aliphatic heterocycles. The number of rotatable bonds is 1. The van der Waals surface area contributed by atoms with E-state index in [2.05, 4.69) is 21.0 Å². The molecule has 0 saturated heterocycles. The summed E-state index contributed by atoms with van der Waals surface area (Å²) in [6, 6.07) is 1.92. The van der Waals surface area contributed by atoms with Gasteiger partial charge in [0.25, 0.3) is 5.56 Å². The molecular formula is C14H20BrN3O. The first-order valence-electron chi connectivity index (χ1n) is 5.71. The second-order valence-corrected chi connectivity index (χ2v) is 5.36. The normalized spacial score (nSPS) is 10.4. The molecular weight excluding hydrogens is 306 g/mol. The molecule has 2 aromatic heterocycles. The average Bonchev–Trinajstić information content (AvgIpc) is 2.55. The van der Waals surface area contributed by atoms with Crippen molar-refractivity contribution in [2.75, 3.05) is 0 Å². The zero-order chi connectivity index (χ0) is 13.6. The summed E-state index contributed by atoms with van der Waals surface area (Å²) < 4.78 is 4.38. The Morgan fingerprint density at radius 2 is 1.74 bits per heavy atom. The Morgan fingerprint density at radius 1 is 1.16 bits per heavy atom. The summed E-state index contributed by atoms with van der Waals surface area (Å²) in [4.78, 5) is 12.0. The van der Waals surface area contributed by atoms with Crippen LogP contribution < -0.4 is 5.56 Å². The third-order valence-corrected chi connectivity index (χ3v) is 4.31. The summed E-state index contributed by atoms with van der Waals surface area (Å²) in [5.41, 5.74) is 4.61. The van der Waals surface area contributed by atoms with Gasteiger partial charge in [-0.3, -0.25) is 9.48 Å². The summed E-state index contributed by atoms with van der Waals surface area (Å²) in [5, 5.41) is 4.48. The van der Waals surface area contributed by atoms with Crippen LogP contribution >= 0.6 is 15.9 Å². The molecule has 0 atom stereocenters. The molecule has 0 aliphatic carbocycles. The van der Waals surface area contributed by atoms with Crippen molar-refractivity contribution in [2.24, 2.45) is 14.1 Å². The van der Waals surface area contributed by atoms with Crippen LogP contribution in [0.5, 0.6) is 0 Å². The van der Waals surface area contributed by atoms with Crippen LogP contribution in [0.25, 0.3) is 11.4 Å². The van der Waals surface area contributed by atoms with Gasteiger partial charge in [-0.05, 0) is 48.3 Å². The van der Waals surface area contributed by atoms with E-state index >= 15 is 0 Å². The highest BCUT2D eigenvalue weighted by Crippen LogP contribution is 2.28. The van der Waals surface area contributed by atoms with Crippen LogP contribution in [-0.4, -0.2) is 14.3 Å². The molecule has 0 aliphatic rings. The van der Waals surface area contributed by atoms with Gasteiger partial charge in [0.1, 0.15) is 10.3 Å². The zero-order valence-electron chi connectivity index (χ0n) is 11.2. The summed E-state index contributed by atoms with van der Waals surface area (Å²) in [5.74, 6) is 0. The van der Waals surface area contributed by atoms with Crippen molar-refractivity contribution in [3.8, 4) is 11.4 Å². The Kier molecular flexibility index (Phi) is 4.40. The van der Waals surface area contributed by atoms with Crippen molar-refractivity contribution in [3.63, 3.8) is 0 Å². The second kappa shape index (κ2) is 5.33. The van der Waals surface area contributed by atoms with Crippen LogP contribution in [0.1, 0.15) is 24.1 Å². The van der Waals surface area contributed by atoms with Crippen LogP contribution in [0, 0.1) is 20.8 Å². The van der Waals surface area contributed by atoms with Crippen LogP contribution in [0.2, 0.25) is 0 Å². The van der Waals surface area contributed by atoms with Gasteiger partial charge in [0.15, 0.2) is 0 Å². The molecule has 2 rings (SSSR count). The highest BCUT2D eigenvalue weighted by Gasteiger charge is 2.17. The Labute approximate surface area is 122 Å². The molecule has 0 saturated carbocycles. The van der Waals surface area contributed by atoms with Gasteiger partial charge in [-0.15, -0.1) is 0 Å². The monoisotopic (exact) mass is 325 g/mol. The largest absolute Gasteiger partial charge is 0.309 e. The van der Waals surface area contributed by atoms with Crippen LogP contribution in [0.3, 0.4) is 0 Å². The minimum atomic E-state index is 0. The van der Waals surface area contributed by atoms with E-state index in [-0.39, 0.29) is 13.0 Å². The molecule has 4 nitrogen and oxygen atoms in total.